The molecule has 5 amide bonds. The molecule has 0 radical (unpaired) electrons. The topological polar surface area (TPSA) is 99.3 Å². The second kappa shape index (κ2) is 8.56. The number of hydrogen-bond donors (Lipinski definition) is 1. The van der Waals surface area contributed by atoms with Crippen LogP contribution in [-0.2, 0) is 4.74 Å². The maximum Gasteiger partial charge on any atom is 0.410 e. The number of amides is 5. The number of anilines is 1. The van der Waals surface area contributed by atoms with E-state index in [-0.39, 0.29) is 29.9 Å². The van der Waals surface area contributed by atoms with Gasteiger partial charge in [-0.15, -0.1) is 0 Å². The van der Waals surface area contributed by atoms with Crippen molar-refractivity contribution in [2.45, 2.75) is 40.2 Å². The van der Waals surface area contributed by atoms with Crippen LogP contribution in [0.1, 0.15) is 55.3 Å². The van der Waals surface area contributed by atoms with E-state index in [1.54, 1.807) is 28.0 Å². The van der Waals surface area contributed by atoms with Crippen LogP contribution in [0, 0.1) is 5.92 Å². The van der Waals surface area contributed by atoms with E-state index < -0.39 is 5.60 Å². The largest absolute Gasteiger partial charge is 0.444 e. The predicted molar refractivity (Wildman–Crippen MR) is 115 cm³/mol. The first kappa shape index (κ1) is 22.6. The molecule has 0 unspecified atom stereocenters. The number of hydrogen-bond acceptors (Lipinski definition) is 5. The molecule has 1 aromatic rings. The van der Waals surface area contributed by atoms with Gasteiger partial charge in [-0.25, -0.2) is 9.59 Å². The molecule has 1 saturated heterocycles. The van der Waals surface area contributed by atoms with Gasteiger partial charge in [0, 0.05) is 38.4 Å². The van der Waals surface area contributed by atoms with Crippen molar-refractivity contribution in [3.63, 3.8) is 0 Å². The van der Waals surface area contributed by atoms with E-state index in [0.717, 1.165) is 0 Å². The molecule has 31 heavy (non-hydrogen) atoms. The fourth-order valence-corrected chi connectivity index (χ4v) is 3.52. The van der Waals surface area contributed by atoms with E-state index in [0.29, 0.717) is 49.5 Å². The Bertz CT molecular complexity index is 898. The van der Waals surface area contributed by atoms with Gasteiger partial charge in [0.2, 0.25) is 0 Å². The van der Waals surface area contributed by atoms with E-state index in [1.807, 2.05) is 34.6 Å². The van der Waals surface area contributed by atoms with Gasteiger partial charge in [-0.3, -0.25) is 14.5 Å². The SMILES string of the molecule is CC(C)CN1C(=O)c2ccc(NC(=O)N3CCN(C(=O)OC(C)(C)C)CC3)cc2C1=O. The molecule has 0 atom stereocenters. The summed E-state index contributed by atoms with van der Waals surface area (Å²) in [6, 6.07) is 4.42. The van der Waals surface area contributed by atoms with Crippen LogP contribution in [0.15, 0.2) is 18.2 Å². The minimum Gasteiger partial charge on any atom is -0.444 e. The highest BCUT2D eigenvalue weighted by Crippen LogP contribution is 2.27. The van der Waals surface area contributed by atoms with Gasteiger partial charge in [0.05, 0.1) is 11.1 Å². The van der Waals surface area contributed by atoms with Crippen LogP contribution in [0.2, 0.25) is 0 Å². The normalized spacial score (nSPS) is 16.6. The van der Waals surface area contributed by atoms with Gasteiger partial charge in [0.1, 0.15) is 5.60 Å². The average Bonchev–Trinajstić information content (AvgIpc) is 2.91. The molecule has 168 valence electrons. The monoisotopic (exact) mass is 430 g/mol. The molecule has 1 N–H and O–H groups in total. The summed E-state index contributed by atoms with van der Waals surface area (Å²) in [5, 5.41) is 2.78. The minimum absolute atomic E-state index is 0.167. The molecule has 3 rings (SSSR count). The Hall–Kier alpha value is -3.10. The Kier molecular flexibility index (Phi) is 6.24. The second-order valence-electron chi connectivity index (χ2n) is 9.26. The minimum atomic E-state index is -0.567. The number of rotatable bonds is 3. The van der Waals surface area contributed by atoms with Gasteiger partial charge in [0.25, 0.3) is 11.8 Å². The number of carbonyl (C=O) groups is 4. The number of carbonyl (C=O) groups excluding carboxylic acids is 4. The number of imide groups is 1. The second-order valence-corrected chi connectivity index (χ2v) is 9.26. The smallest absolute Gasteiger partial charge is 0.410 e. The van der Waals surface area contributed by atoms with Crippen LogP contribution in [0.3, 0.4) is 0 Å². The standard InChI is InChI=1S/C22H30N4O5/c1-14(2)13-26-18(27)16-7-6-15(12-17(16)19(26)28)23-20(29)24-8-10-25(11-9-24)21(30)31-22(3,4)5/h6-7,12,14H,8-11,13H2,1-5H3,(H,23,29). The average molecular weight is 431 g/mol. The van der Waals surface area contributed by atoms with E-state index in [1.165, 1.54) is 4.90 Å². The van der Waals surface area contributed by atoms with Gasteiger partial charge in [-0.05, 0) is 44.9 Å². The molecule has 1 aromatic carbocycles. The van der Waals surface area contributed by atoms with E-state index in [2.05, 4.69) is 5.32 Å². The van der Waals surface area contributed by atoms with Gasteiger partial charge in [0.15, 0.2) is 0 Å². The Balaban J connectivity index is 1.59. The maximum atomic E-state index is 12.6. The molecule has 9 nitrogen and oxygen atoms in total. The Morgan fingerprint density at radius 1 is 1.00 bits per heavy atom. The summed E-state index contributed by atoms with van der Waals surface area (Å²) < 4.78 is 5.37. The Morgan fingerprint density at radius 3 is 2.16 bits per heavy atom. The molecule has 0 spiro atoms. The summed E-state index contributed by atoms with van der Waals surface area (Å²) in [5.74, 6) is -0.471. The summed E-state index contributed by atoms with van der Waals surface area (Å²) in [6.07, 6.45) is -0.389. The quantitative estimate of drug-likeness (QED) is 0.743. The number of nitrogens with one attached hydrogen (secondary N) is 1. The van der Waals surface area contributed by atoms with Crippen molar-refractivity contribution in [3.8, 4) is 0 Å². The van der Waals surface area contributed by atoms with Crippen LogP contribution < -0.4 is 5.32 Å². The number of fused-ring (bicyclic) bond motifs is 1. The Labute approximate surface area is 182 Å². The molecule has 0 aliphatic carbocycles. The van der Waals surface area contributed by atoms with Crippen molar-refractivity contribution in [2.24, 2.45) is 5.92 Å². The molecule has 2 heterocycles. The zero-order chi connectivity index (χ0) is 22.9. The molecule has 0 bridgehead atoms. The lowest BCUT2D eigenvalue weighted by atomic mass is 10.1. The molecule has 0 aromatic heterocycles. The number of ether oxygens (including phenoxy) is 1. The number of nitrogens with zero attached hydrogens (tertiary/aromatic N) is 3. The summed E-state index contributed by atoms with van der Waals surface area (Å²) in [4.78, 5) is 54.3. The maximum absolute atomic E-state index is 12.6. The number of piperazine rings is 1. The fraction of sp³-hybridized carbons (Fsp3) is 0.545. The molecule has 1 fully saturated rings. The molecule has 9 heteroatoms. The third kappa shape index (κ3) is 5.15. The summed E-state index contributed by atoms with van der Waals surface area (Å²) in [5.41, 5.74) is 0.543. The van der Waals surface area contributed by atoms with Crippen LogP contribution in [0.5, 0.6) is 0 Å². The van der Waals surface area contributed by atoms with Crippen LogP contribution in [0.4, 0.5) is 15.3 Å². The summed E-state index contributed by atoms with van der Waals surface area (Å²) in [7, 11) is 0. The molecule has 0 saturated carbocycles. The van der Waals surface area contributed by atoms with Gasteiger partial charge in [-0.1, -0.05) is 13.8 Å². The van der Waals surface area contributed by atoms with Crippen molar-refractivity contribution in [1.29, 1.82) is 0 Å². The third-order valence-electron chi connectivity index (χ3n) is 4.99. The lowest BCUT2D eigenvalue weighted by Gasteiger charge is -2.35. The lowest BCUT2D eigenvalue weighted by molar-refractivity contribution is 0.0174. The van der Waals surface area contributed by atoms with Crippen LogP contribution >= 0.6 is 0 Å². The molecular formula is C22H30N4O5. The van der Waals surface area contributed by atoms with Gasteiger partial charge in [-0.2, -0.15) is 0 Å². The van der Waals surface area contributed by atoms with E-state index in [4.69, 9.17) is 4.74 Å². The summed E-state index contributed by atoms with van der Waals surface area (Å²) in [6.45, 7) is 11.2. The van der Waals surface area contributed by atoms with Crippen LogP contribution in [-0.4, -0.2) is 77.0 Å². The van der Waals surface area contributed by atoms with Gasteiger partial charge >= 0.3 is 12.1 Å². The predicted octanol–water partition coefficient (Wildman–Crippen LogP) is 3.02. The zero-order valence-electron chi connectivity index (χ0n) is 18.7. The summed E-state index contributed by atoms with van der Waals surface area (Å²) >= 11 is 0. The lowest BCUT2D eigenvalue weighted by Crippen LogP contribution is -2.52. The van der Waals surface area contributed by atoms with Crippen molar-refractivity contribution >= 4 is 29.6 Å². The molecule has 2 aliphatic rings. The van der Waals surface area contributed by atoms with Crippen molar-refractivity contribution < 1.29 is 23.9 Å². The van der Waals surface area contributed by atoms with E-state index in [9.17, 15) is 19.2 Å². The van der Waals surface area contributed by atoms with Crippen LogP contribution in [0.25, 0.3) is 0 Å². The van der Waals surface area contributed by atoms with Crippen molar-refractivity contribution in [1.82, 2.24) is 14.7 Å². The number of urea groups is 1. The first-order valence-corrected chi connectivity index (χ1v) is 10.5. The van der Waals surface area contributed by atoms with E-state index >= 15 is 0 Å². The van der Waals surface area contributed by atoms with Gasteiger partial charge < -0.3 is 19.9 Å². The fourth-order valence-electron chi connectivity index (χ4n) is 3.52. The Morgan fingerprint density at radius 2 is 1.58 bits per heavy atom. The first-order chi connectivity index (χ1) is 14.5. The highest BCUT2D eigenvalue weighted by atomic mass is 16.6. The highest BCUT2D eigenvalue weighted by Gasteiger charge is 2.36. The van der Waals surface area contributed by atoms with Crippen molar-refractivity contribution in [2.75, 3.05) is 38.0 Å². The molecular weight excluding hydrogens is 400 g/mol. The number of benzene rings is 1. The molecule has 2 aliphatic heterocycles. The van der Waals surface area contributed by atoms with Crippen molar-refractivity contribution in [3.05, 3.63) is 29.3 Å². The first-order valence-electron chi connectivity index (χ1n) is 10.5. The highest BCUT2D eigenvalue weighted by molar-refractivity contribution is 6.21. The zero-order valence-corrected chi connectivity index (χ0v) is 18.7. The third-order valence-corrected chi connectivity index (χ3v) is 4.99.